The van der Waals surface area contributed by atoms with Crippen molar-refractivity contribution in [2.75, 3.05) is 0 Å². The van der Waals surface area contributed by atoms with Gasteiger partial charge < -0.3 is 5.11 Å². The highest BCUT2D eigenvalue weighted by molar-refractivity contribution is 5.08. The predicted octanol–water partition coefficient (Wildman–Crippen LogP) is 4.09. The average molecular weight is 222 g/mol. The Kier molecular flexibility index (Phi) is 5.27. The van der Waals surface area contributed by atoms with Gasteiger partial charge in [0.2, 0.25) is 0 Å². The van der Waals surface area contributed by atoms with Gasteiger partial charge in [0, 0.05) is 0 Å². The molecule has 0 fully saturated rings. The molecule has 0 radical (unpaired) electrons. The minimum atomic E-state index is -0.258. The van der Waals surface area contributed by atoms with E-state index in [-0.39, 0.29) is 6.10 Å². The topological polar surface area (TPSA) is 20.2 Å². The van der Waals surface area contributed by atoms with Crippen LogP contribution in [-0.2, 0) is 0 Å². The van der Waals surface area contributed by atoms with Crippen molar-refractivity contribution in [1.29, 1.82) is 0 Å². The number of hydrogen-bond donors (Lipinski definition) is 1. The Morgan fingerprint density at radius 3 is 2.50 bits per heavy atom. The zero-order valence-corrected chi connectivity index (χ0v) is 11.2. The molecule has 1 N–H and O–H groups in total. The van der Waals surface area contributed by atoms with E-state index in [4.69, 9.17) is 0 Å². The molecule has 92 valence electrons. The van der Waals surface area contributed by atoms with Gasteiger partial charge in [-0.2, -0.15) is 0 Å². The summed E-state index contributed by atoms with van der Waals surface area (Å²) in [6.45, 7) is 8.76. The van der Waals surface area contributed by atoms with Gasteiger partial charge in [0.1, 0.15) is 0 Å². The molecule has 1 aliphatic carbocycles. The van der Waals surface area contributed by atoms with Crippen molar-refractivity contribution in [3.63, 3.8) is 0 Å². The quantitative estimate of drug-likeness (QED) is 0.663. The molecule has 1 nitrogen and oxygen atoms in total. The summed E-state index contributed by atoms with van der Waals surface area (Å²) in [6.07, 6.45) is 8.60. The molecule has 1 aliphatic rings. The predicted molar refractivity (Wildman–Crippen MR) is 70.3 cm³/mol. The van der Waals surface area contributed by atoms with Crippen LogP contribution in [0.2, 0.25) is 0 Å². The van der Waals surface area contributed by atoms with Crippen molar-refractivity contribution in [2.45, 2.75) is 59.5 Å². The summed E-state index contributed by atoms with van der Waals surface area (Å²) >= 11 is 0. The van der Waals surface area contributed by atoms with Crippen molar-refractivity contribution in [3.05, 3.63) is 23.3 Å². The second-order valence-electron chi connectivity index (χ2n) is 5.54. The molecular formula is C15H26O. The lowest BCUT2D eigenvalue weighted by atomic mass is 9.83. The summed E-state index contributed by atoms with van der Waals surface area (Å²) in [6, 6.07) is 0. The lowest BCUT2D eigenvalue weighted by Crippen LogP contribution is -2.24. The third kappa shape index (κ3) is 4.13. The number of aliphatic hydroxyl groups is 1. The highest BCUT2D eigenvalue weighted by atomic mass is 16.3. The van der Waals surface area contributed by atoms with E-state index in [9.17, 15) is 5.11 Å². The van der Waals surface area contributed by atoms with Crippen LogP contribution in [-0.4, -0.2) is 11.2 Å². The first-order valence-corrected chi connectivity index (χ1v) is 6.51. The van der Waals surface area contributed by atoms with E-state index in [0.29, 0.717) is 11.8 Å². The van der Waals surface area contributed by atoms with Crippen LogP contribution in [0.15, 0.2) is 23.3 Å². The highest BCUT2D eigenvalue weighted by Crippen LogP contribution is 2.26. The molecule has 0 aromatic rings. The largest absolute Gasteiger partial charge is 0.389 e. The van der Waals surface area contributed by atoms with Crippen molar-refractivity contribution in [3.8, 4) is 0 Å². The summed E-state index contributed by atoms with van der Waals surface area (Å²) in [5.41, 5.74) is 2.80. The number of aliphatic hydroxyl groups excluding tert-OH is 1. The average Bonchev–Trinajstić information content (AvgIpc) is 2.16. The van der Waals surface area contributed by atoms with Gasteiger partial charge in [-0.05, 0) is 51.4 Å². The number of rotatable bonds is 1. The third-order valence-corrected chi connectivity index (χ3v) is 3.65. The standard InChI is InChI=1S/C15H26O/c1-11(2)14-9-8-12(3)6-5-7-13(4)10-15(14)16/h6,10-11,14-16H,5,7-9H2,1-4H3/b12-6+,13-10+/t14-,15+/m1/s1. The van der Waals surface area contributed by atoms with Crippen molar-refractivity contribution in [2.24, 2.45) is 11.8 Å². The zero-order chi connectivity index (χ0) is 12.1. The van der Waals surface area contributed by atoms with Crippen LogP contribution in [0.4, 0.5) is 0 Å². The molecule has 0 saturated carbocycles. The zero-order valence-electron chi connectivity index (χ0n) is 11.2. The number of allylic oxidation sites excluding steroid dienone is 3. The summed E-state index contributed by atoms with van der Waals surface area (Å²) in [7, 11) is 0. The highest BCUT2D eigenvalue weighted by Gasteiger charge is 2.21. The Bertz CT molecular complexity index is 273. The Morgan fingerprint density at radius 2 is 1.88 bits per heavy atom. The normalized spacial score (nSPS) is 35.1. The Balaban J connectivity index is 2.81. The summed E-state index contributed by atoms with van der Waals surface area (Å²) in [5.74, 6) is 0.947. The molecule has 0 amide bonds. The second kappa shape index (κ2) is 6.24. The maximum atomic E-state index is 10.2. The van der Waals surface area contributed by atoms with Gasteiger partial charge in [-0.3, -0.25) is 0 Å². The van der Waals surface area contributed by atoms with E-state index < -0.39 is 0 Å². The van der Waals surface area contributed by atoms with E-state index in [1.54, 1.807) is 0 Å². The van der Waals surface area contributed by atoms with Crippen LogP contribution in [0.3, 0.4) is 0 Å². The minimum absolute atomic E-state index is 0.258. The van der Waals surface area contributed by atoms with Gasteiger partial charge in [0.05, 0.1) is 6.10 Å². The molecule has 0 bridgehead atoms. The minimum Gasteiger partial charge on any atom is -0.389 e. The molecule has 0 aromatic carbocycles. The lowest BCUT2D eigenvalue weighted by Gasteiger charge is -2.26. The van der Waals surface area contributed by atoms with Gasteiger partial charge >= 0.3 is 0 Å². The lowest BCUT2D eigenvalue weighted by molar-refractivity contribution is 0.115. The fourth-order valence-corrected chi connectivity index (χ4v) is 2.44. The van der Waals surface area contributed by atoms with Crippen LogP contribution in [0, 0.1) is 11.8 Å². The van der Waals surface area contributed by atoms with Crippen LogP contribution in [0.5, 0.6) is 0 Å². The van der Waals surface area contributed by atoms with Crippen molar-refractivity contribution >= 4 is 0 Å². The molecule has 0 heterocycles. The smallest absolute Gasteiger partial charge is 0.0754 e. The molecule has 1 heteroatoms. The maximum absolute atomic E-state index is 10.2. The van der Waals surface area contributed by atoms with Crippen molar-refractivity contribution < 1.29 is 5.11 Å². The van der Waals surface area contributed by atoms with Crippen LogP contribution < -0.4 is 0 Å². The summed E-state index contributed by atoms with van der Waals surface area (Å²) < 4.78 is 0. The third-order valence-electron chi connectivity index (χ3n) is 3.65. The van der Waals surface area contributed by atoms with E-state index in [2.05, 4.69) is 39.8 Å². The molecule has 0 aliphatic heterocycles. The van der Waals surface area contributed by atoms with Gasteiger partial charge in [-0.1, -0.05) is 37.1 Å². The number of hydrogen-bond acceptors (Lipinski definition) is 1. The molecular weight excluding hydrogens is 196 g/mol. The van der Waals surface area contributed by atoms with Gasteiger partial charge in [-0.15, -0.1) is 0 Å². The molecule has 0 saturated heterocycles. The molecule has 0 unspecified atom stereocenters. The first-order chi connectivity index (χ1) is 7.50. The van der Waals surface area contributed by atoms with Gasteiger partial charge in [0.15, 0.2) is 0 Å². The van der Waals surface area contributed by atoms with E-state index in [0.717, 1.165) is 25.7 Å². The van der Waals surface area contributed by atoms with Crippen molar-refractivity contribution in [1.82, 2.24) is 0 Å². The van der Waals surface area contributed by atoms with Crippen LogP contribution in [0.25, 0.3) is 0 Å². The Labute approximate surface area is 100 Å². The van der Waals surface area contributed by atoms with Crippen LogP contribution in [0.1, 0.15) is 53.4 Å². The van der Waals surface area contributed by atoms with E-state index >= 15 is 0 Å². The maximum Gasteiger partial charge on any atom is 0.0754 e. The summed E-state index contributed by atoms with van der Waals surface area (Å²) in [5, 5.41) is 10.2. The Hall–Kier alpha value is -0.560. The molecule has 0 aromatic heterocycles. The summed E-state index contributed by atoms with van der Waals surface area (Å²) in [4.78, 5) is 0. The fraction of sp³-hybridized carbons (Fsp3) is 0.733. The van der Waals surface area contributed by atoms with E-state index in [1.165, 1.54) is 11.1 Å². The first kappa shape index (κ1) is 13.5. The first-order valence-electron chi connectivity index (χ1n) is 6.51. The fourth-order valence-electron chi connectivity index (χ4n) is 2.44. The molecule has 16 heavy (non-hydrogen) atoms. The Morgan fingerprint density at radius 1 is 1.19 bits per heavy atom. The van der Waals surface area contributed by atoms with E-state index in [1.807, 2.05) is 0 Å². The molecule has 1 rings (SSSR count). The monoisotopic (exact) mass is 222 g/mol. The van der Waals surface area contributed by atoms with Crippen LogP contribution >= 0.6 is 0 Å². The second-order valence-corrected chi connectivity index (χ2v) is 5.54. The SMILES string of the molecule is C/C1=C\[C@H](O)[C@@H](C(C)C)CC/C(C)=C/CC1. The molecule has 2 atom stereocenters. The van der Waals surface area contributed by atoms with Gasteiger partial charge in [-0.25, -0.2) is 0 Å². The molecule has 0 spiro atoms. The van der Waals surface area contributed by atoms with Gasteiger partial charge in [0.25, 0.3) is 0 Å².